The molecule has 0 saturated carbocycles. The van der Waals surface area contributed by atoms with Gasteiger partial charge in [-0.1, -0.05) is 13.2 Å². The van der Waals surface area contributed by atoms with E-state index in [1.807, 2.05) is 6.92 Å². The van der Waals surface area contributed by atoms with Crippen molar-refractivity contribution in [3.63, 3.8) is 0 Å². The number of ether oxygens (including phenoxy) is 1. The first kappa shape index (κ1) is 11.1. The Morgan fingerprint density at radius 1 is 1.43 bits per heavy atom. The first-order valence-electron chi connectivity index (χ1n) is 4.86. The minimum Gasteiger partial charge on any atom is -0.379 e. The van der Waals surface area contributed by atoms with Gasteiger partial charge in [-0.25, -0.2) is 0 Å². The molecule has 1 saturated heterocycles. The number of rotatable bonds is 4. The number of aliphatic imine (C=N–C) groups is 1. The highest BCUT2D eigenvalue weighted by molar-refractivity contribution is 5.77. The molecule has 1 aliphatic heterocycles. The maximum atomic E-state index is 5.26. The summed E-state index contributed by atoms with van der Waals surface area (Å²) < 4.78 is 5.26. The van der Waals surface area contributed by atoms with E-state index in [-0.39, 0.29) is 0 Å². The zero-order valence-electron chi connectivity index (χ0n) is 8.83. The van der Waals surface area contributed by atoms with Crippen molar-refractivity contribution >= 4 is 6.21 Å². The Morgan fingerprint density at radius 3 is 2.64 bits per heavy atom. The Hall–Kier alpha value is -0.930. The fourth-order valence-electron chi connectivity index (χ4n) is 1.26. The number of allylic oxidation sites excluding steroid dienone is 1. The SMILES string of the molecule is C=C(C)C=NC(=C)CN1CCOCC1. The van der Waals surface area contributed by atoms with Crippen LogP contribution in [0.4, 0.5) is 0 Å². The number of nitrogens with zero attached hydrogens (tertiary/aromatic N) is 2. The van der Waals surface area contributed by atoms with Crippen molar-refractivity contribution in [1.82, 2.24) is 4.90 Å². The highest BCUT2D eigenvalue weighted by Gasteiger charge is 2.10. The number of morpholine rings is 1. The van der Waals surface area contributed by atoms with E-state index in [0.717, 1.165) is 44.1 Å². The number of hydrogen-bond donors (Lipinski definition) is 0. The van der Waals surface area contributed by atoms with Crippen LogP contribution in [-0.2, 0) is 4.74 Å². The first-order valence-corrected chi connectivity index (χ1v) is 4.86. The van der Waals surface area contributed by atoms with E-state index in [1.54, 1.807) is 6.21 Å². The van der Waals surface area contributed by atoms with Gasteiger partial charge < -0.3 is 4.74 Å². The normalized spacial score (nSPS) is 18.6. The van der Waals surface area contributed by atoms with Crippen LogP contribution >= 0.6 is 0 Å². The van der Waals surface area contributed by atoms with Crippen LogP contribution in [0.2, 0.25) is 0 Å². The second-order valence-electron chi connectivity index (χ2n) is 3.56. The zero-order valence-corrected chi connectivity index (χ0v) is 8.83. The molecule has 0 radical (unpaired) electrons. The third-order valence-electron chi connectivity index (χ3n) is 1.98. The second kappa shape index (κ2) is 5.73. The molecular formula is C11H18N2O. The Kier molecular flexibility index (Phi) is 4.56. The summed E-state index contributed by atoms with van der Waals surface area (Å²) in [4.78, 5) is 6.51. The van der Waals surface area contributed by atoms with Crippen LogP contribution in [0.5, 0.6) is 0 Å². The summed E-state index contributed by atoms with van der Waals surface area (Å²) in [6, 6.07) is 0. The molecule has 78 valence electrons. The molecule has 0 aromatic rings. The summed E-state index contributed by atoms with van der Waals surface area (Å²) in [6.07, 6.45) is 1.75. The summed E-state index contributed by atoms with van der Waals surface area (Å²) in [5.74, 6) is 0. The predicted molar refractivity (Wildman–Crippen MR) is 59.7 cm³/mol. The Labute approximate surface area is 85.8 Å². The smallest absolute Gasteiger partial charge is 0.0594 e. The summed E-state index contributed by atoms with van der Waals surface area (Å²) in [5, 5.41) is 0. The fraction of sp³-hybridized carbons (Fsp3) is 0.545. The van der Waals surface area contributed by atoms with Gasteiger partial charge in [-0.05, 0) is 12.5 Å². The third-order valence-corrected chi connectivity index (χ3v) is 1.98. The Bertz CT molecular complexity index is 240. The molecule has 0 N–H and O–H groups in total. The zero-order chi connectivity index (χ0) is 10.4. The molecule has 1 heterocycles. The molecule has 0 unspecified atom stereocenters. The van der Waals surface area contributed by atoms with Crippen molar-refractivity contribution in [2.24, 2.45) is 4.99 Å². The van der Waals surface area contributed by atoms with E-state index in [0.29, 0.717) is 0 Å². The molecular weight excluding hydrogens is 176 g/mol. The average Bonchev–Trinajstić information content (AvgIpc) is 2.16. The van der Waals surface area contributed by atoms with Crippen LogP contribution in [0.25, 0.3) is 0 Å². The summed E-state index contributed by atoms with van der Waals surface area (Å²) in [7, 11) is 0. The Balaban J connectivity index is 2.28. The maximum absolute atomic E-state index is 5.26. The summed E-state index contributed by atoms with van der Waals surface area (Å²) in [6.45, 7) is 14.0. The molecule has 1 rings (SSSR count). The fourth-order valence-corrected chi connectivity index (χ4v) is 1.26. The van der Waals surface area contributed by atoms with Gasteiger partial charge >= 0.3 is 0 Å². The standard InChI is InChI=1S/C11H18N2O/c1-10(2)8-12-11(3)9-13-4-6-14-7-5-13/h8H,1,3-7,9H2,2H3. The van der Waals surface area contributed by atoms with E-state index in [2.05, 4.69) is 23.1 Å². The quantitative estimate of drug-likeness (QED) is 0.633. The molecule has 0 spiro atoms. The minimum absolute atomic E-state index is 0.817. The van der Waals surface area contributed by atoms with Crippen LogP contribution in [0.15, 0.2) is 29.4 Å². The molecule has 14 heavy (non-hydrogen) atoms. The largest absolute Gasteiger partial charge is 0.379 e. The van der Waals surface area contributed by atoms with Gasteiger partial charge in [0.1, 0.15) is 0 Å². The molecule has 1 aliphatic rings. The predicted octanol–water partition coefficient (Wildman–Crippen LogP) is 1.48. The van der Waals surface area contributed by atoms with E-state index < -0.39 is 0 Å². The molecule has 0 amide bonds. The van der Waals surface area contributed by atoms with Crippen LogP contribution in [-0.4, -0.2) is 44.0 Å². The van der Waals surface area contributed by atoms with Gasteiger partial charge in [0, 0.05) is 31.5 Å². The highest BCUT2D eigenvalue weighted by atomic mass is 16.5. The van der Waals surface area contributed by atoms with Crippen LogP contribution in [0.1, 0.15) is 6.92 Å². The molecule has 0 aromatic carbocycles. The molecule has 1 fully saturated rings. The van der Waals surface area contributed by atoms with E-state index in [9.17, 15) is 0 Å². The number of hydrogen-bond acceptors (Lipinski definition) is 3. The van der Waals surface area contributed by atoms with E-state index >= 15 is 0 Å². The van der Waals surface area contributed by atoms with Gasteiger partial charge in [-0.3, -0.25) is 9.89 Å². The topological polar surface area (TPSA) is 24.8 Å². The lowest BCUT2D eigenvalue weighted by Gasteiger charge is -2.26. The van der Waals surface area contributed by atoms with Gasteiger partial charge in [-0.15, -0.1) is 0 Å². The molecule has 0 bridgehead atoms. The summed E-state index contributed by atoms with van der Waals surface area (Å²) in [5.41, 5.74) is 1.84. The van der Waals surface area contributed by atoms with Crippen LogP contribution < -0.4 is 0 Å². The summed E-state index contributed by atoms with van der Waals surface area (Å²) >= 11 is 0. The van der Waals surface area contributed by atoms with Gasteiger partial charge in [0.15, 0.2) is 0 Å². The monoisotopic (exact) mass is 194 g/mol. The molecule has 0 atom stereocenters. The lowest BCUT2D eigenvalue weighted by Crippen LogP contribution is -2.37. The van der Waals surface area contributed by atoms with Gasteiger partial charge in [0.2, 0.25) is 0 Å². The van der Waals surface area contributed by atoms with Gasteiger partial charge in [0.05, 0.1) is 13.2 Å². The van der Waals surface area contributed by atoms with Crippen molar-refractivity contribution in [3.05, 3.63) is 24.4 Å². The first-order chi connectivity index (χ1) is 6.68. The average molecular weight is 194 g/mol. The molecule has 0 aromatic heterocycles. The lowest BCUT2D eigenvalue weighted by atomic mass is 10.3. The lowest BCUT2D eigenvalue weighted by molar-refractivity contribution is 0.0422. The maximum Gasteiger partial charge on any atom is 0.0594 e. The molecule has 0 aliphatic carbocycles. The molecule has 3 heteroatoms. The van der Waals surface area contributed by atoms with Crippen molar-refractivity contribution in [1.29, 1.82) is 0 Å². The minimum atomic E-state index is 0.817. The third kappa shape index (κ3) is 4.35. The van der Waals surface area contributed by atoms with Gasteiger partial charge in [-0.2, -0.15) is 0 Å². The van der Waals surface area contributed by atoms with Crippen molar-refractivity contribution in [2.45, 2.75) is 6.92 Å². The van der Waals surface area contributed by atoms with Crippen LogP contribution in [0.3, 0.4) is 0 Å². The Morgan fingerprint density at radius 2 is 2.07 bits per heavy atom. The highest BCUT2D eigenvalue weighted by Crippen LogP contribution is 2.02. The van der Waals surface area contributed by atoms with Crippen molar-refractivity contribution < 1.29 is 4.74 Å². The van der Waals surface area contributed by atoms with E-state index in [4.69, 9.17) is 4.74 Å². The second-order valence-corrected chi connectivity index (χ2v) is 3.56. The van der Waals surface area contributed by atoms with E-state index in [1.165, 1.54) is 0 Å². The van der Waals surface area contributed by atoms with Crippen molar-refractivity contribution in [2.75, 3.05) is 32.8 Å². The van der Waals surface area contributed by atoms with Gasteiger partial charge in [0.25, 0.3) is 0 Å². The molecule has 3 nitrogen and oxygen atoms in total. The van der Waals surface area contributed by atoms with Crippen LogP contribution in [0, 0.1) is 0 Å². The van der Waals surface area contributed by atoms with Crippen molar-refractivity contribution in [3.8, 4) is 0 Å².